The van der Waals surface area contributed by atoms with E-state index in [1.807, 2.05) is 6.07 Å². The molecule has 0 amide bonds. The molecule has 86 valence electrons. The van der Waals surface area contributed by atoms with Gasteiger partial charge in [0.2, 0.25) is 0 Å². The van der Waals surface area contributed by atoms with Gasteiger partial charge in [0, 0.05) is 4.88 Å². The van der Waals surface area contributed by atoms with Crippen LogP contribution >= 0.6 is 11.3 Å². The molecule has 0 unspecified atom stereocenters. The van der Waals surface area contributed by atoms with E-state index in [4.69, 9.17) is 0 Å². The van der Waals surface area contributed by atoms with E-state index in [2.05, 4.69) is 32.1 Å². The minimum atomic E-state index is -0.141. The van der Waals surface area contributed by atoms with Crippen LogP contribution in [-0.2, 0) is 6.42 Å². The maximum atomic E-state index is 11.9. The predicted octanol–water partition coefficient (Wildman–Crippen LogP) is 1.33. The third-order valence-electron chi connectivity index (χ3n) is 2.44. The lowest BCUT2D eigenvalue weighted by Crippen LogP contribution is -2.08. The Balaban J connectivity index is 2.27. The molecule has 6 nitrogen and oxygen atoms in total. The minimum Gasteiger partial charge on any atom is -0.303 e. The number of fused-ring (bicyclic) bond motifs is 1. The highest BCUT2D eigenvalue weighted by Gasteiger charge is 2.10. The summed E-state index contributed by atoms with van der Waals surface area (Å²) in [6, 6.07) is 1.88. The summed E-state index contributed by atoms with van der Waals surface area (Å²) in [5, 5.41) is 7.05. The van der Waals surface area contributed by atoms with E-state index in [0.717, 1.165) is 16.1 Å². The van der Waals surface area contributed by atoms with Crippen molar-refractivity contribution in [3.63, 3.8) is 0 Å². The molecule has 7 heteroatoms. The van der Waals surface area contributed by atoms with Crippen molar-refractivity contribution in [2.75, 3.05) is 0 Å². The second-order valence-corrected chi connectivity index (χ2v) is 4.65. The standard InChI is InChI=1S/C10H9N5OS/c1-2-5-3-6-9(16)13-8(14-10(6)17-5)7-11-4-12-15-7/h3-4H,2H2,1H3,(H,11,12,15)(H,13,14,16). The second-order valence-electron chi connectivity index (χ2n) is 3.53. The van der Waals surface area contributed by atoms with Gasteiger partial charge in [-0.25, -0.2) is 9.97 Å². The molecule has 0 aliphatic heterocycles. The first-order valence-corrected chi connectivity index (χ1v) is 5.98. The first-order valence-electron chi connectivity index (χ1n) is 5.16. The van der Waals surface area contributed by atoms with E-state index < -0.39 is 0 Å². The van der Waals surface area contributed by atoms with Crippen molar-refractivity contribution in [1.82, 2.24) is 25.1 Å². The molecule has 0 aliphatic rings. The molecule has 0 fully saturated rings. The summed E-state index contributed by atoms with van der Waals surface area (Å²) in [6.07, 6.45) is 2.28. The Hall–Kier alpha value is -2.02. The number of nitrogens with zero attached hydrogens (tertiary/aromatic N) is 3. The third-order valence-corrected chi connectivity index (χ3v) is 3.61. The van der Waals surface area contributed by atoms with Crippen LogP contribution in [0.25, 0.3) is 21.9 Å². The Labute approximate surface area is 99.8 Å². The van der Waals surface area contributed by atoms with Crippen molar-refractivity contribution in [1.29, 1.82) is 0 Å². The fraction of sp³-hybridized carbons (Fsp3) is 0.200. The average molecular weight is 247 g/mol. The number of aromatic nitrogens is 5. The summed E-state index contributed by atoms with van der Waals surface area (Å²) in [6.45, 7) is 2.05. The van der Waals surface area contributed by atoms with Crippen LogP contribution in [0.15, 0.2) is 17.2 Å². The van der Waals surface area contributed by atoms with Gasteiger partial charge in [0.05, 0.1) is 5.39 Å². The Bertz CT molecular complexity index is 712. The number of thiophene rings is 1. The molecular formula is C10H9N5OS. The molecule has 17 heavy (non-hydrogen) atoms. The van der Waals surface area contributed by atoms with Crippen LogP contribution in [0.4, 0.5) is 0 Å². The molecule has 3 aromatic heterocycles. The van der Waals surface area contributed by atoms with Crippen LogP contribution in [0.1, 0.15) is 11.8 Å². The summed E-state index contributed by atoms with van der Waals surface area (Å²) in [5.41, 5.74) is -0.141. The van der Waals surface area contributed by atoms with Crippen LogP contribution in [0.2, 0.25) is 0 Å². The number of hydrogen-bond donors (Lipinski definition) is 2. The van der Waals surface area contributed by atoms with E-state index in [9.17, 15) is 4.79 Å². The monoisotopic (exact) mass is 247 g/mol. The fourth-order valence-electron chi connectivity index (χ4n) is 1.59. The van der Waals surface area contributed by atoms with E-state index in [-0.39, 0.29) is 5.56 Å². The maximum Gasteiger partial charge on any atom is 0.260 e. The zero-order valence-corrected chi connectivity index (χ0v) is 9.84. The number of hydrogen-bond acceptors (Lipinski definition) is 5. The molecule has 0 atom stereocenters. The topological polar surface area (TPSA) is 87.3 Å². The molecule has 0 radical (unpaired) electrons. The Morgan fingerprint density at radius 2 is 2.29 bits per heavy atom. The lowest BCUT2D eigenvalue weighted by molar-refractivity contribution is 1.06. The van der Waals surface area contributed by atoms with Gasteiger partial charge in [-0.15, -0.1) is 11.3 Å². The van der Waals surface area contributed by atoms with Crippen LogP contribution in [-0.4, -0.2) is 25.1 Å². The van der Waals surface area contributed by atoms with Crippen molar-refractivity contribution in [3.05, 3.63) is 27.6 Å². The molecule has 0 aromatic carbocycles. The average Bonchev–Trinajstić information content (AvgIpc) is 2.97. The van der Waals surface area contributed by atoms with Crippen molar-refractivity contribution in [2.45, 2.75) is 13.3 Å². The Morgan fingerprint density at radius 1 is 1.41 bits per heavy atom. The summed E-state index contributed by atoms with van der Waals surface area (Å²) in [5.74, 6) is 0.889. The largest absolute Gasteiger partial charge is 0.303 e. The molecule has 0 saturated carbocycles. The third kappa shape index (κ3) is 1.64. The van der Waals surface area contributed by atoms with Gasteiger partial charge in [-0.2, -0.15) is 5.10 Å². The van der Waals surface area contributed by atoms with Gasteiger partial charge < -0.3 is 4.98 Å². The number of H-pyrrole nitrogens is 2. The van der Waals surface area contributed by atoms with Crippen LogP contribution < -0.4 is 5.56 Å². The van der Waals surface area contributed by atoms with E-state index in [1.165, 1.54) is 17.7 Å². The highest BCUT2D eigenvalue weighted by Crippen LogP contribution is 2.22. The zero-order valence-electron chi connectivity index (χ0n) is 9.02. The van der Waals surface area contributed by atoms with Gasteiger partial charge in [-0.1, -0.05) is 6.92 Å². The zero-order chi connectivity index (χ0) is 11.8. The normalized spacial score (nSPS) is 11.1. The van der Waals surface area contributed by atoms with Crippen LogP contribution in [0, 0.1) is 0 Å². The van der Waals surface area contributed by atoms with Crippen molar-refractivity contribution in [2.24, 2.45) is 0 Å². The van der Waals surface area contributed by atoms with Crippen molar-refractivity contribution >= 4 is 21.6 Å². The molecule has 0 saturated heterocycles. The number of aryl methyl sites for hydroxylation is 1. The van der Waals surface area contributed by atoms with E-state index in [1.54, 1.807) is 0 Å². The molecule has 0 spiro atoms. The maximum absolute atomic E-state index is 11.9. The summed E-state index contributed by atoms with van der Waals surface area (Å²) < 4.78 is 0. The van der Waals surface area contributed by atoms with Gasteiger partial charge in [0.1, 0.15) is 11.2 Å². The SMILES string of the molecule is CCc1cc2c(=O)[nH]c(-c3ncn[nH]3)nc2s1. The quantitative estimate of drug-likeness (QED) is 0.715. The van der Waals surface area contributed by atoms with Crippen LogP contribution in [0.3, 0.4) is 0 Å². The highest BCUT2D eigenvalue weighted by atomic mass is 32.1. The molecular weight excluding hydrogens is 238 g/mol. The first kappa shape index (κ1) is 10.2. The first-order chi connectivity index (χ1) is 8.28. The predicted molar refractivity (Wildman–Crippen MR) is 65.0 cm³/mol. The molecule has 3 aromatic rings. The minimum absolute atomic E-state index is 0.141. The summed E-state index contributed by atoms with van der Waals surface area (Å²) >= 11 is 1.53. The smallest absolute Gasteiger partial charge is 0.260 e. The van der Waals surface area contributed by atoms with Gasteiger partial charge in [-0.3, -0.25) is 9.89 Å². The van der Waals surface area contributed by atoms with Crippen molar-refractivity contribution in [3.8, 4) is 11.6 Å². The second kappa shape index (κ2) is 3.77. The van der Waals surface area contributed by atoms with Crippen molar-refractivity contribution < 1.29 is 0 Å². The highest BCUT2D eigenvalue weighted by molar-refractivity contribution is 7.18. The van der Waals surface area contributed by atoms with Gasteiger partial charge in [0.15, 0.2) is 11.6 Å². The van der Waals surface area contributed by atoms with Gasteiger partial charge >= 0.3 is 0 Å². The van der Waals surface area contributed by atoms with E-state index >= 15 is 0 Å². The summed E-state index contributed by atoms with van der Waals surface area (Å²) in [7, 11) is 0. The summed E-state index contributed by atoms with van der Waals surface area (Å²) in [4.78, 5) is 24.8. The number of aromatic amines is 2. The molecule has 3 rings (SSSR count). The van der Waals surface area contributed by atoms with Gasteiger partial charge in [-0.05, 0) is 12.5 Å². The van der Waals surface area contributed by atoms with E-state index in [0.29, 0.717) is 17.0 Å². The Kier molecular flexibility index (Phi) is 2.25. The Morgan fingerprint density at radius 3 is 3.00 bits per heavy atom. The lowest BCUT2D eigenvalue weighted by Gasteiger charge is -1.94. The van der Waals surface area contributed by atoms with Gasteiger partial charge in [0.25, 0.3) is 5.56 Å². The molecule has 0 bridgehead atoms. The molecule has 3 heterocycles. The molecule has 2 N–H and O–H groups in total. The number of nitrogens with one attached hydrogen (secondary N) is 2. The van der Waals surface area contributed by atoms with Crippen LogP contribution in [0.5, 0.6) is 0 Å². The lowest BCUT2D eigenvalue weighted by atomic mass is 10.3. The molecule has 0 aliphatic carbocycles. The fourth-order valence-corrected chi connectivity index (χ4v) is 2.56. The number of rotatable bonds is 2.